The van der Waals surface area contributed by atoms with Crippen LogP contribution in [0.2, 0.25) is 0 Å². The summed E-state index contributed by atoms with van der Waals surface area (Å²) in [6, 6.07) is 0. The number of methoxy groups -OCH3 is 1. The van der Waals surface area contributed by atoms with Crippen molar-refractivity contribution in [2.75, 3.05) is 20.7 Å². The van der Waals surface area contributed by atoms with Crippen molar-refractivity contribution in [3.8, 4) is 0 Å². The Balaban J connectivity index is 3.75. The molecule has 0 unspecified atom stereocenters. The molecule has 0 atom stereocenters. The molecule has 0 N–H and O–H groups in total. The first kappa shape index (κ1) is 11.9. The summed E-state index contributed by atoms with van der Waals surface area (Å²) in [7, 11) is 2.92. The standard InChI is InChI=1S/C9H17NO3/c1-4-5-6-8(11)10(2)7-9(12)13-3/h4-7H2,1-3H3. The highest BCUT2D eigenvalue weighted by Crippen LogP contribution is 1.98. The number of likely N-dealkylation sites (N-methyl/N-ethyl adjacent to an activating group) is 1. The van der Waals surface area contributed by atoms with Crippen LogP contribution >= 0.6 is 0 Å². The number of rotatable bonds is 5. The topological polar surface area (TPSA) is 46.6 Å². The fourth-order valence-corrected chi connectivity index (χ4v) is 0.865. The summed E-state index contributed by atoms with van der Waals surface area (Å²) < 4.78 is 4.44. The lowest BCUT2D eigenvalue weighted by molar-refractivity contribution is -0.146. The summed E-state index contributed by atoms with van der Waals surface area (Å²) in [6.45, 7) is 2.06. The average molecular weight is 187 g/mol. The summed E-state index contributed by atoms with van der Waals surface area (Å²) in [4.78, 5) is 23.4. The molecule has 0 aliphatic carbocycles. The minimum atomic E-state index is -0.382. The third-order valence-corrected chi connectivity index (χ3v) is 1.76. The number of hydrogen-bond donors (Lipinski definition) is 0. The van der Waals surface area contributed by atoms with Gasteiger partial charge in [-0.2, -0.15) is 0 Å². The number of carbonyl (C=O) groups excluding carboxylic acids is 2. The lowest BCUT2D eigenvalue weighted by Crippen LogP contribution is -2.32. The second-order valence-corrected chi connectivity index (χ2v) is 2.93. The molecule has 0 aromatic heterocycles. The van der Waals surface area contributed by atoms with E-state index in [0.717, 1.165) is 12.8 Å². The van der Waals surface area contributed by atoms with Crippen molar-refractivity contribution in [3.63, 3.8) is 0 Å². The maximum atomic E-state index is 11.3. The van der Waals surface area contributed by atoms with Crippen molar-refractivity contribution >= 4 is 11.9 Å². The molecule has 0 aliphatic rings. The number of amides is 1. The van der Waals surface area contributed by atoms with Crippen molar-refractivity contribution < 1.29 is 14.3 Å². The molecular formula is C9H17NO3. The van der Waals surface area contributed by atoms with Crippen molar-refractivity contribution in [2.24, 2.45) is 0 Å². The molecule has 0 rings (SSSR count). The Morgan fingerprint density at radius 3 is 2.46 bits per heavy atom. The van der Waals surface area contributed by atoms with Crippen molar-refractivity contribution in [2.45, 2.75) is 26.2 Å². The van der Waals surface area contributed by atoms with E-state index < -0.39 is 0 Å². The molecule has 0 saturated heterocycles. The van der Waals surface area contributed by atoms with Gasteiger partial charge in [0.15, 0.2) is 0 Å². The molecule has 0 radical (unpaired) electrons. The van der Waals surface area contributed by atoms with E-state index in [1.54, 1.807) is 7.05 Å². The molecule has 13 heavy (non-hydrogen) atoms. The van der Waals surface area contributed by atoms with Gasteiger partial charge in [-0.1, -0.05) is 13.3 Å². The summed E-state index contributed by atoms with van der Waals surface area (Å²) in [5.74, 6) is -0.389. The van der Waals surface area contributed by atoms with E-state index in [0.29, 0.717) is 6.42 Å². The van der Waals surface area contributed by atoms with Crippen LogP contribution in [0.1, 0.15) is 26.2 Å². The molecule has 0 aromatic carbocycles. The molecule has 0 aromatic rings. The Hall–Kier alpha value is -1.06. The van der Waals surface area contributed by atoms with Crippen molar-refractivity contribution in [1.29, 1.82) is 0 Å². The SMILES string of the molecule is CCCCC(=O)N(C)CC(=O)OC. The van der Waals surface area contributed by atoms with Gasteiger partial charge in [0.25, 0.3) is 0 Å². The zero-order valence-electron chi connectivity index (χ0n) is 8.50. The number of carbonyl (C=O) groups is 2. The molecule has 4 heteroatoms. The van der Waals surface area contributed by atoms with E-state index in [1.165, 1.54) is 12.0 Å². The Morgan fingerprint density at radius 2 is 2.00 bits per heavy atom. The molecule has 0 heterocycles. The van der Waals surface area contributed by atoms with Gasteiger partial charge in [0.1, 0.15) is 6.54 Å². The van der Waals surface area contributed by atoms with Crippen LogP contribution in [0.5, 0.6) is 0 Å². The van der Waals surface area contributed by atoms with Crippen LogP contribution < -0.4 is 0 Å². The Morgan fingerprint density at radius 1 is 1.38 bits per heavy atom. The fourth-order valence-electron chi connectivity index (χ4n) is 0.865. The molecule has 0 aliphatic heterocycles. The molecular weight excluding hydrogens is 170 g/mol. The smallest absolute Gasteiger partial charge is 0.325 e. The van der Waals surface area contributed by atoms with E-state index >= 15 is 0 Å². The summed E-state index contributed by atoms with van der Waals surface area (Å²) >= 11 is 0. The first-order valence-corrected chi connectivity index (χ1v) is 4.42. The van der Waals surface area contributed by atoms with Crippen LogP contribution in [0.3, 0.4) is 0 Å². The normalized spacial score (nSPS) is 9.46. The highest BCUT2D eigenvalue weighted by atomic mass is 16.5. The number of unbranched alkanes of at least 4 members (excludes halogenated alkanes) is 1. The van der Waals surface area contributed by atoms with Crippen LogP contribution in [0.4, 0.5) is 0 Å². The van der Waals surface area contributed by atoms with E-state index in [2.05, 4.69) is 4.74 Å². The van der Waals surface area contributed by atoms with E-state index in [9.17, 15) is 9.59 Å². The van der Waals surface area contributed by atoms with Crippen LogP contribution in [0.15, 0.2) is 0 Å². The van der Waals surface area contributed by atoms with Gasteiger partial charge in [-0.15, -0.1) is 0 Å². The van der Waals surface area contributed by atoms with Gasteiger partial charge in [0.05, 0.1) is 7.11 Å². The fraction of sp³-hybridized carbons (Fsp3) is 0.778. The minimum absolute atomic E-state index is 0.00718. The number of ether oxygens (including phenoxy) is 1. The number of nitrogens with zero attached hydrogens (tertiary/aromatic N) is 1. The first-order chi connectivity index (χ1) is 6.11. The highest BCUT2D eigenvalue weighted by Gasteiger charge is 2.11. The average Bonchev–Trinajstić information content (AvgIpc) is 2.13. The quantitative estimate of drug-likeness (QED) is 0.598. The van der Waals surface area contributed by atoms with E-state index in [1.807, 2.05) is 6.92 Å². The third kappa shape index (κ3) is 5.22. The zero-order chi connectivity index (χ0) is 10.3. The molecule has 76 valence electrons. The Bertz CT molecular complexity index is 180. The molecule has 1 amide bonds. The van der Waals surface area contributed by atoms with Crippen LogP contribution in [0, 0.1) is 0 Å². The van der Waals surface area contributed by atoms with Gasteiger partial charge < -0.3 is 9.64 Å². The molecule has 4 nitrogen and oxygen atoms in total. The number of esters is 1. The number of hydrogen-bond acceptors (Lipinski definition) is 3. The first-order valence-electron chi connectivity index (χ1n) is 4.42. The Kier molecular flexibility index (Phi) is 5.93. The Labute approximate surface area is 78.9 Å². The lowest BCUT2D eigenvalue weighted by Gasteiger charge is -2.14. The second-order valence-electron chi connectivity index (χ2n) is 2.93. The van der Waals surface area contributed by atoms with Crippen LogP contribution in [-0.4, -0.2) is 37.5 Å². The maximum Gasteiger partial charge on any atom is 0.325 e. The molecule has 0 saturated carbocycles. The minimum Gasteiger partial charge on any atom is -0.468 e. The van der Waals surface area contributed by atoms with Crippen molar-refractivity contribution in [1.82, 2.24) is 4.90 Å². The predicted octanol–water partition coefficient (Wildman–Crippen LogP) is 0.808. The molecule has 0 spiro atoms. The summed E-state index contributed by atoms with van der Waals surface area (Å²) in [6.07, 6.45) is 2.35. The van der Waals surface area contributed by atoms with Gasteiger partial charge in [-0.05, 0) is 6.42 Å². The van der Waals surface area contributed by atoms with Gasteiger partial charge in [-0.25, -0.2) is 0 Å². The van der Waals surface area contributed by atoms with Crippen LogP contribution in [0.25, 0.3) is 0 Å². The largest absolute Gasteiger partial charge is 0.468 e. The second kappa shape index (κ2) is 6.46. The monoisotopic (exact) mass is 187 g/mol. The van der Waals surface area contributed by atoms with Gasteiger partial charge in [-0.3, -0.25) is 9.59 Å². The van der Waals surface area contributed by atoms with Gasteiger partial charge in [0.2, 0.25) is 5.91 Å². The lowest BCUT2D eigenvalue weighted by atomic mass is 10.2. The molecule has 0 fully saturated rings. The summed E-state index contributed by atoms with van der Waals surface area (Å²) in [5.41, 5.74) is 0. The summed E-state index contributed by atoms with van der Waals surface area (Å²) in [5, 5.41) is 0. The van der Waals surface area contributed by atoms with Crippen molar-refractivity contribution in [3.05, 3.63) is 0 Å². The molecule has 0 bridgehead atoms. The maximum absolute atomic E-state index is 11.3. The van der Waals surface area contributed by atoms with Crippen LogP contribution in [-0.2, 0) is 14.3 Å². The third-order valence-electron chi connectivity index (χ3n) is 1.76. The highest BCUT2D eigenvalue weighted by molar-refractivity contribution is 5.81. The van der Waals surface area contributed by atoms with E-state index in [-0.39, 0.29) is 18.4 Å². The van der Waals surface area contributed by atoms with Gasteiger partial charge in [0, 0.05) is 13.5 Å². The predicted molar refractivity (Wildman–Crippen MR) is 49.2 cm³/mol. The van der Waals surface area contributed by atoms with E-state index in [4.69, 9.17) is 0 Å². The zero-order valence-corrected chi connectivity index (χ0v) is 8.50. The van der Waals surface area contributed by atoms with Gasteiger partial charge >= 0.3 is 5.97 Å².